The Morgan fingerprint density at radius 2 is 1.90 bits per heavy atom. The maximum absolute atomic E-state index is 14.1. The van der Waals surface area contributed by atoms with Crippen LogP contribution >= 0.6 is 0 Å². The van der Waals surface area contributed by atoms with E-state index in [4.69, 9.17) is 9.47 Å². The summed E-state index contributed by atoms with van der Waals surface area (Å²) in [4.78, 5) is 15.3. The van der Waals surface area contributed by atoms with Crippen molar-refractivity contribution in [3.63, 3.8) is 0 Å². The van der Waals surface area contributed by atoms with Crippen LogP contribution in [0.3, 0.4) is 0 Å². The lowest BCUT2D eigenvalue weighted by molar-refractivity contribution is -0.157. The largest absolute Gasteiger partial charge is 0.377 e. The third kappa shape index (κ3) is 3.97. The van der Waals surface area contributed by atoms with Crippen molar-refractivity contribution < 1.29 is 23.0 Å². The number of hydrogen-bond donors (Lipinski definition) is 1. The third-order valence-corrected chi connectivity index (χ3v) is 6.13. The van der Waals surface area contributed by atoms with Crippen LogP contribution in [0.15, 0.2) is 42.5 Å². The zero-order valence-electron chi connectivity index (χ0n) is 17.1. The van der Waals surface area contributed by atoms with Crippen LogP contribution in [0.4, 0.5) is 8.78 Å². The van der Waals surface area contributed by atoms with Crippen LogP contribution in [0.1, 0.15) is 29.2 Å². The predicted molar refractivity (Wildman–Crippen MR) is 108 cm³/mol. The molecule has 0 spiro atoms. The number of benzene rings is 2. The van der Waals surface area contributed by atoms with Crippen molar-refractivity contribution in [2.24, 2.45) is 0 Å². The molecule has 0 bridgehead atoms. The zero-order chi connectivity index (χ0) is 21.3. The number of halogens is 2. The molecule has 1 saturated heterocycles. The first-order valence-electron chi connectivity index (χ1n) is 10.2. The molecule has 2 aromatic rings. The maximum atomic E-state index is 14.1. The summed E-state index contributed by atoms with van der Waals surface area (Å²) < 4.78 is 38.9. The summed E-state index contributed by atoms with van der Waals surface area (Å²) in [5.41, 5.74) is 2.47. The van der Waals surface area contributed by atoms with Gasteiger partial charge in [-0.3, -0.25) is 4.79 Å². The first-order valence-corrected chi connectivity index (χ1v) is 10.2. The quantitative estimate of drug-likeness (QED) is 0.833. The van der Waals surface area contributed by atoms with Gasteiger partial charge in [0.1, 0.15) is 17.7 Å². The van der Waals surface area contributed by atoms with Gasteiger partial charge >= 0.3 is 0 Å². The van der Waals surface area contributed by atoms with Crippen molar-refractivity contribution in [1.82, 2.24) is 10.2 Å². The molecule has 2 aromatic carbocycles. The topological polar surface area (TPSA) is 50.8 Å². The van der Waals surface area contributed by atoms with Crippen molar-refractivity contribution in [2.75, 3.05) is 27.3 Å². The Labute approximate surface area is 175 Å². The molecule has 0 unspecified atom stereocenters. The highest BCUT2D eigenvalue weighted by atomic mass is 19.1. The van der Waals surface area contributed by atoms with Crippen LogP contribution in [0.25, 0.3) is 0 Å². The first-order chi connectivity index (χ1) is 14.5. The van der Waals surface area contributed by atoms with E-state index in [0.29, 0.717) is 26.0 Å². The van der Waals surface area contributed by atoms with Gasteiger partial charge in [-0.25, -0.2) is 8.78 Å². The molecule has 30 heavy (non-hydrogen) atoms. The van der Waals surface area contributed by atoms with Crippen LogP contribution in [0.2, 0.25) is 0 Å². The van der Waals surface area contributed by atoms with E-state index in [0.717, 1.165) is 16.7 Å². The fraction of sp³-hybridized carbons (Fsp3) is 0.435. The Kier molecular flexibility index (Phi) is 6.13. The number of likely N-dealkylation sites (N-methyl/N-ethyl adjacent to an activating group) is 1. The van der Waals surface area contributed by atoms with Gasteiger partial charge in [-0.05, 0) is 54.4 Å². The van der Waals surface area contributed by atoms with Gasteiger partial charge in [-0.2, -0.15) is 0 Å². The number of amides is 1. The van der Waals surface area contributed by atoms with E-state index >= 15 is 0 Å². The first kappa shape index (κ1) is 20.9. The lowest BCUT2D eigenvalue weighted by Crippen LogP contribution is -2.54. The maximum Gasteiger partial charge on any atom is 0.252 e. The molecule has 2 aliphatic heterocycles. The molecule has 1 amide bonds. The highest BCUT2D eigenvalue weighted by Gasteiger charge is 2.40. The highest BCUT2D eigenvalue weighted by Crippen LogP contribution is 2.37. The third-order valence-electron chi connectivity index (χ3n) is 6.13. The predicted octanol–water partition coefficient (Wildman–Crippen LogP) is 2.83. The summed E-state index contributed by atoms with van der Waals surface area (Å²) in [7, 11) is 3.46. The molecule has 2 heterocycles. The van der Waals surface area contributed by atoms with Crippen molar-refractivity contribution in [3.05, 3.63) is 70.8 Å². The van der Waals surface area contributed by atoms with Gasteiger partial charge in [0.25, 0.3) is 5.91 Å². The van der Waals surface area contributed by atoms with E-state index in [-0.39, 0.29) is 29.7 Å². The van der Waals surface area contributed by atoms with Crippen molar-refractivity contribution in [3.8, 4) is 0 Å². The van der Waals surface area contributed by atoms with Gasteiger partial charge < -0.3 is 19.7 Å². The second-order valence-electron chi connectivity index (χ2n) is 7.81. The molecule has 2 aliphatic rings. The Morgan fingerprint density at radius 3 is 2.60 bits per heavy atom. The van der Waals surface area contributed by atoms with Gasteiger partial charge in [0.15, 0.2) is 0 Å². The molecule has 0 aliphatic carbocycles. The van der Waals surface area contributed by atoms with Crippen molar-refractivity contribution in [2.45, 2.75) is 37.1 Å². The van der Waals surface area contributed by atoms with Crippen LogP contribution in [0.5, 0.6) is 0 Å². The Morgan fingerprint density at radius 1 is 1.17 bits per heavy atom. The normalized spacial score (nSPS) is 26.3. The van der Waals surface area contributed by atoms with Crippen molar-refractivity contribution >= 4 is 5.91 Å². The number of nitrogens with one attached hydrogen (secondary N) is 1. The fourth-order valence-corrected chi connectivity index (χ4v) is 4.50. The molecule has 4 rings (SSSR count). The fourth-order valence-electron chi connectivity index (χ4n) is 4.50. The SMILES string of the molecule is CN[C@H]1C[C@H](C(=O)N2CCc3ccc(F)cc3[C@@H]2c2ccc(F)cc2)OC[C@@H]1OC. The number of carbonyl (C=O) groups is 1. The van der Waals surface area contributed by atoms with E-state index in [1.54, 1.807) is 30.2 Å². The summed E-state index contributed by atoms with van der Waals surface area (Å²) in [5.74, 6) is -0.860. The van der Waals surface area contributed by atoms with E-state index < -0.39 is 12.1 Å². The molecular weight excluding hydrogens is 390 g/mol. The number of hydrogen-bond acceptors (Lipinski definition) is 4. The number of carbonyl (C=O) groups excluding carboxylic acids is 1. The molecule has 0 radical (unpaired) electrons. The number of fused-ring (bicyclic) bond motifs is 1. The van der Waals surface area contributed by atoms with Gasteiger partial charge in [-0.1, -0.05) is 18.2 Å². The van der Waals surface area contributed by atoms with Crippen molar-refractivity contribution in [1.29, 1.82) is 0 Å². The van der Waals surface area contributed by atoms with E-state index in [1.165, 1.54) is 24.3 Å². The average Bonchev–Trinajstić information content (AvgIpc) is 2.78. The summed E-state index contributed by atoms with van der Waals surface area (Å²) in [6.07, 6.45) is 0.369. The summed E-state index contributed by atoms with van der Waals surface area (Å²) in [5, 5.41) is 3.20. The number of rotatable bonds is 4. The molecule has 1 N–H and O–H groups in total. The van der Waals surface area contributed by atoms with E-state index in [9.17, 15) is 13.6 Å². The molecule has 160 valence electrons. The Balaban J connectivity index is 1.67. The lowest BCUT2D eigenvalue weighted by Gasteiger charge is -2.42. The van der Waals surface area contributed by atoms with Gasteiger partial charge in [0.05, 0.1) is 18.8 Å². The molecule has 5 nitrogen and oxygen atoms in total. The minimum atomic E-state index is -0.619. The number of nitrogens with zero attached hydrogens (tertiary/aromatic N) is 1. The average molecular weight is 416 g/mol. The zero-order valence-corrected chi connectivity index (χ0v) is 17.1. The second-order valence-corrected chi connectivity index (χ2v) is 7.81. The number of methoxy groups -OCH3 is 1. The molecule has 7 heteroatoms. The molecule has 4 atom stereocenters. The van der Waals surface area contributed by atoms with Gasteiger partial charge in [-0.15, -0.1) is 0 Å². The highest BCUT2D eigenvalue weighted by molar-refractivity contribution is 5.82. The summed E-state index contributed by atoms with van der Waals surface area (Å²) in [6, 6.07) is 10.2. The number of ether oxygens (including phenoxy) is 2. The van der Waals surface area contributed by atoms with E-state index in [1.807, 2.05) is 7.05 Å². The Bertz CT molecular complexity index is 906. The lowest BCUT2D eigenvalue weighted by atomic mass is 9.87. The molecular formula is C23H26F2N2O3. The minimum Gasteiger partial charge on any atom is -0.377 e. The molecule has 1 fully saturated rings. The molecule has 0 saturated carbocycles. The second kappa shape index (κ2) is 8.79. The summed E-state index contributed by atoms with van der Waals surface area (Å²) >= 11 is 0. The standard InChI is InChI=1S/C23H26F2N2O3/c1-26-19-12-20(30-13-21(19)29-2)23(28)27-10-9-14-3-8-17(25)11-18(14)22(27)15-4-6-16(24)7-5-15/h3-8,11,19-22,26H,9-10,12-13H2,1-2H3/t19-,20+,21-,22-/m0/s1. The Hall–Kier alpha value is -2.35. The minimum absolute atomic E-state index is 0.00325. The monoisotopic (exact) mass is 416 g/mol. The molecule has 0 aromatic heterocycles. The van der Waals surface area contributed by atoms with Crippen LogP contribution in [-0.4, -0.2) is 56.4 Å². The van der Waals surface area contributed by atoms with E-state index in [2.05, 4.69) is 5.32 Å². The smallest absolute Gasteiger partial charge is 0.252 e. The van der Waals surface area contributed by atoms with Crippen LogP contribution < -0.4 is 5.32 Å². The van der Waals surface area contributed by atoms with Crippen LogP contribution in [-0.2, 0) is 20.7 Å². The van der Waals surface area contributed by atoms with Gasteiger partial charge in [0, 0.05) is 26.1 Å². The summed E-state index contributed by atoms with van der Waals surface area (Å²) in [6.45, 7) is 0.802. The van der Waals surface area contributed by atoms with Gasteiger partial charge in [0.2, 0.25) is 0 Å². The van der Waals surface area contributed by atoms with Crippen LogP contribution in [0, 0.1) is 11.6 Å².